The molecule has 1 aliphatic heterocycles. The Kier molecular flexibility index (Phi) is 3.23. The van der Waals surface area contributed by atoms with Gasteiger partial charge in [-0.3, -0.25) is 0 Å². The maximum absolute atomic E-state index is 6.01. The lowest BCUT2D eigenvalue weighted by molar-refractivity contribution is 0.340. The van der Waals surface area contributed by atoms with Crippen LogP contribution in [-0.2, 0) is 0 Å². The maximum Gasteiger partial charge on any atom is 0.119 e. The Hall–Kier alpha value is -1.06. The molecule has 2 rings (SSSR count). The highest BCUT2D eigenvalue weighted by molar-refractivity contribution is 5.31. The largest absolute Gasteiger partial charge is 0.494 e. The fraction of sp³-hybridized carbons (Fsp3) is 0.500. The third-order valence-corrected chi connectivity index (χ3v) is 2.88. The molecule has 1 aromatic rings. The quantitative estimate of drug-likeness (QED) is 0.778. The van der Waals surface area contributed by atoms with Gasteiger partial charge in [-0.05, 0) is 24.6 Å². The molecule has 1 fully saturated rings. The van der Waals surface area contributed by atoms with E-state index in [2.05, 4.69) is 17.4 Å². The SMILES string of the molecule is CCOc1ccc([C@@H]2CNC[C@H]2N)cc1. The van der Waals surface area contributed by atoms with Gasteiger partial charge in [0.25, 0.3) is 0 Å². The van der Waals surface area contributed by atoms with Crippen molar-refractivity contribution in [3.63, 3.8) is 0 Å². The van der Waals surface area contributed by atoms with E-state index in [9.17, 15) is 0 Å². The molecule has 1 saturated heterocycles. The summed E-state index contributed by atoms with van der Waals surface area (Å²) in [6.07, 6.45) is 0. The Balaban J connectivity index is 2.09. The van der Waals surface area contributed by atoms with Crippen LogP contribution in [0.2, 0.25) is 0 Å². The van der Waals surface area contributed by atoms with Crippen molar-refractivity contribution in [2.45, 2.75) is 18.9 Å². The number of ether oxygens (including phenoxy) is 1. The number of hydrogen-bond acceptors (Lipinski definition) is 3. The van der Waals surface area contributed by atoms with E-state index in [1.807, 2.05) is 19.1 Å². The molecule has 3 heteroatoms. The minimum atomic E-state index is 0.239. The first kappa shape index (κ1) is 10.5. The molecule has 1 aromatic carbocycles. The molecule has 0 saturated carbocycles. The smallest absolute Gasteiger partial charge is 0.119 e. The summed E-state index contributed by atoms with van der Waals surface area (Å²) in [5.74, 6) is 1.38. The fourth-order valence-electron chi connectivity index (χ4n) is 2.04. The van der Waals surface area contributed by atoms with E-state index in [1.54, 1.807) is 0 Å². The summed E-state index contributed by atoms with van der Waals surface area (Å²) in [5, 5.41) is 3.30. The zero-order valence-corrected chi connectivity index (χ0v) is 9.07. The maximum atomic E-state index is 6.01. The number of rotatable bonds is 3. The molecule has 15 heavy (non-hydrogen) atoms. The highest BCUT2D eigenvalue weighted by Gasteiger charge is 2.24. The van der Waals surface area contributed by atoms with Gasteiger partial charge in [-0.1, -0.05) is 12.1 Å². The molecule has 0 unspecified atom stereocenters. The van der Waals surface area contributed by atoms with Crippen molar-refractivity contribution >= 4 is 0 Å². The van der Waals surface area contributed by atoms with Crippen LogP contribution in [0.5, 0.6) is 5.75 Å². The second-order valence-electron chi connectivity index (χ2n) is 3.93. The van der Waals surface area contributed by atoms with E-state index < -0.39 is 0 Å². The zero-order valence-electron chi connectivity index (χ0n) is 9.07. The van der Waals surface area contributed by atoms with Gasteiger partial charge < -0.3 is 15.8 Å². The van der Waals surface area contributed by atoms with Gasteiger partial charge in [0.1, 0.15) is 5.75 Å². The summed E-state index contributed by atoms with van der Waals surface area (Å²) in [6, 6.07) is 8.50. The third kappa shape index (κ3) is 2.30. The monoisotopic (exact) mass is 206 g/mol. The molecule has 1 heterocycles. The van der Waals surface area contributed by atoms with E-state index in [-0.39, 0.29) is 6.04 Å². The molecule has 0 aliphatic carbocycles. The summed E-state index contributed by atoms with van der Waals surface area (Å²) in [4.78, 5) is 0. The first-order chi connectivity index (χ1) is 7.31. The van der Waals surface area contributed by atoms with Crippen LogP contribution in [0.1, 0.15) is 18.4 Å². The lowest BCUT2D eigenvalue weighted by Crippen LogP contribution is -2.27. The average Bonchev–Trinajstić information content (AvgIpc) is 2.66. The van der Waals surface area contributed by atoms with Crippen molar-refractivity contribution in [2.24, 2.45) is 5.73 Å². The van der Waals surface area contributed by atoms with Crippen molar-refractivity contribution in [2.75, 3.05) is 19.7 Å². The lowest BCUT2D eigenvalue weighted by Gasteiger charge is -2.14. The van der Waals surface area contributed by atoms with Crippen LogP contribution in [0.3, 0.4) is 0 Å². The van der Waals surface area contributed by atoms with Gasteiger partial charge in [0.2, 0.25) is 0 Å². The third-order valence-electron chi connectivity index (χ3n) is 2.88. The molecule has 82 valence electrons. The van der Waals surface area contributed by atoms with Gasteiger partial charge in [-0.25, -0.2) is 0 Å². The van der Waals surface area contributed by atoms with Gasteiger partial charge in [0, 0.05) is 25.0 Å². The lowest BCUT2D eigenvalue weighted by atomic mass is 9.95. The minimum Gasteiger partial charge on any atom is -0.494 e. The van der Waals surface area contributed by atoms with Crippen LogP contribution in [-0.4, -0.2) is 25.7 Å². The van der Waals surface area contributed by atoms with Crippen LogP contribution in [0.4, 0.5) is 0 Å². The molecule has 0 amide bonds. The zero-order chi connectivity index (χ0) is 10.7. The normalized spacial score (nSPS) is 25.5. The van der Waals surface area contributed by atoms with Gasteiger partial charge in [-0.15, -0.1) is 0 Å². The van der Waals surface area contributed by atoms with E-state index >= 15 is 0 Å². The van der Waals surface area contributed by atoms with E-state index in [1.165, 1.54) is 5.56 Å². The summed E-state index contributed by atoms with van der Waals surface area (Å²) in [7, 11) is 0. The van der Waals surface area contributed by atoms with Crippen molar-refractivity contribution in [1.29, 1.82) is 0 Å². The van der Waals surface area contributed by atoms with Gasteiger partial charge in [0.15, 0.2) is 0 Å². The van der Waals surface area contributed by atoms with Crippen molar-refractivity contribution < 1.29 is 4.74 Å². The second kappa shape index (κ2) is 4.64. The first-order valence-corrected chi connectivity index (χ1v) is 5.50. The molecular weight excluding hydrogens is 188 g/mol. The van der Waals surface area contributed by atoms with Crippen LogP contribution in [0.15, 0.2) is 24.3 Å². The van der Waals surface area contributed by atoms with E-state index in [0.717, 1.165) is 18.8 Å². The predicted octanol–water partition coefficient (Wildman–Crippen LogP) is 1.10. The second-order valence-corrected chi connectivity index (χ2v) is 3.93. The first-order valence-electron chi connectivity index (χ1n) is 5.50. The topological polar surface area (TPSA) is 47.3 Å². The Morgan fingerprint density at radius 2 is 2.07 bits per heavy atom. The summed E-state index contributed by atoms with van der Waals surface area (Å²) in [6.45, 7) is 4.60. The van der Waals surface area contributed by atoms with E-state index in [4.69, 9.17) is 10.5 Å². The van der Waals surface area contributed by atoms with Crippen LogP contribution < -0.4 is 15.8 Å². The Morgan fingerprint density at radius 3 is 2.60 bits per heavy atom. The molecular formula is C12H18N2O. The Labute approximate surface area is 90.6 Å². The summed E-state index contributed by atoms with van der Waals surface area (Å²) in [5.41, 5.74) is 7.32. The van der Waals surface area contributed by atoms with Crippen LogP contribution in [0, 0.1) is 0 Å². The number of nitrogens with one attached hydrogen (secondary N) is 1. The summed E-state index contributed by atoms with van der Waals surface area (Å²) >= 11 is 0. The minimum absolute atomic E-state index is 0.239. The molecule has 2 atom stereocenters. The highest BCUT2D eigenvalue weighted by atomic mass is 16.5. The van der Waals surface area contributed by atoms with Crippen molar-refractivity contribution in [3.8, 4) is 5.75 Å². The Bertz CT molecular complexity index is 310. The van der Waals surface area contributed by atoms with Gasteiger partial charge in [-0.2, -0.15) is 0 Å². The molecule has 3 N–H and O–H groups in total. The number of hydrogen-bond donors (Lipinski definition) is 2. The fourth-order valence-corrected chi connectivity index (χ4v) is 2.04. The standard InChI is InChI=1S/C12H18N2O/c1-2-15-10-5-3-9(4-6-10)11-7-14-8-12(11)13/h3-6,11-12,14H,2,7-8,13H2,1H3/t11-,12+/m0/s1. The predicted molar refractivity (Wildman–Crippen MR) is 61.2 cm³/mol. The highest BCUT2D eigenvalue weighted by Crippen LogP contribution is 2.23. The molecule has 0 aromatic heterocycles. The van der Waals surface area contributed by atoms with E-state index in [0.29, 0.717) is 12.5 Å². The molecule has 0 bridgehead atoms. The number of nitrogens with two attached hydrogens (primary N) is 1. The van der Waals surface area contributed by atoms with Crippen molar-refractivity contribution in [1.82, 2.24) is 5.32 Å². The van der Waals surface area contributed by atoms with Crippen LogP contribution in [0.25, 0.3) is 0 Å². The number of benzene rings is 1. The van der Waals surface area contributed by atoms with Crippen LogP contribution >= 0.6 is 0 Å². The molecule has 3 nitrogen and oxygen atoms in total. The van der Waals surface area contributed by atoms with Gasteiger partial charge >= 0.3 is 0 Å². The Morgan fingerprint density at radius 1 is 1.33 bits per heavy atom. The molecule has 1 aliphatic rings. The summed E-state index contributed by atoms with van der Waals surface area (Å²) < 4.78 is 5.40. The molecule has 0 radical (unpaired) electrons. The molecule has 0 spiro atoms. The average molecular weight is 206 g/mol. The van der Waals surface area contributed by atoms with Gasteiger partial charge in [0.05, 0.1) is 6.61 Å². The van der Waals surface area contributed by atoms with Crippen molar-refractivity contribution in [3.05, 3.63) is 29.8 Å².